The predicted molar refractivity (Wildman–Crippen MR) is 35.6 cm³/mol. The highest BCUT2D eigenvalue weighted by atomic mass is 19.1. The van der Waals surface area contributed by atoms with E-state index in [0.717, 1.165) is 12.3 Å². The van der Waals surface area contributed by atoms with E-state index in [1.165, 1.54) is 6.92 Å². The first-order valence-corrected chi connectivity index (χ1v) is 2.88. The summed E-state index contributed by atoms with van der Waals surface area (Å²) in [6.45, 7) is 1.46. The van der Waals surface area contributed by atoms with Crippen molar-refractivity contribution < 1.29 is 9.31 Å². The summed E-state index contributed by atoms with van der Waals surface area (Å²) < 4.78 is 12.3. The van der Waals surface area contributed by atoms with Gasteiger partial charge in [-0.1, -0.05) is 0 Å². The van der Waals surface area contributed by atoms with E-state index >= 15 is 0 Å². The largest absolute Gasteiger partial charge is 0.293 e. The van der Waals surface area contributed by atoms with Crippen LogP contribution < -0.4 is 0 Å². The molecule has 0 atom stereocenters. The Bertz CT molecular complexity index is 301. The van der Waals surface area contributed by atoms with Gasteiger partial charge in [-0.25, -0.2) is 4.39 Å². The first-order valence-electron chi connectivity index (χ1n) is 2.88. The second-order valence-corrected chi connectivity index (χ2v) is 2.02. The zero-order valence-electron chi connectivity index (χ0n) is 5.74. The fraction of sp³-hybridized carbons (Fsp3) is 0.167. The van der Waals surface area contributed by atoms with Crippen molar-refractivity contribution in [2.24, 2.45) is 0 Å². The molecule has 0 unspecified atom stereocenters. The predicted octanol–water partition coefficient (Wildman–Crippen LogP) is 1.44. The quantitative estimate of drug-likeness (QED) is 0.456. The van der Waals surface area contributed by atoms with E-state index in [1.807, 2.05) is 0 Å². The molecule has 0 aliphatic heterocycles. The zero-order chi connectivity index (χ0) is 8.43. The van der Waals surface area contributed by atoms with Crippen LogP contribution in [0.1, 0.15) is 5.69 Å². The van der Waals surface area contributed by atoms with Crippen LogP contribution in [0.2, 0.25) is 0 Å². The molecule has 0 fully saturated rings. The highest BCUT2D eigenvalue weighted by molar-refractivity contribution is 5.33. The van der Waals surface area contributed by atoms with E-state index in [2.05, 4.69) is 4.98 Å². The Morgan fingerprint density at radius 2 is 2.36 bits per heavy atom. The summed E-state index contributed by atoms with van der Waals surface area (Å²) in [7, 11) is 0. The molecule has 0 radical (unpaired) electrons. The lowest BCUT2D eigenvalue weighted by Gasteiger charge is -1.93. The first-order chi connectivity index (χ1) is 5.11. The molecule has 0 aromatic carbocycles. The van der Waals surface area contributed by atoms with Gasteiger partial charge < -0.3 is 0 Å². The molecule has 58 valence electrons. The lowest BCUT2D eigenvalue weighted by molar-refractivity contribution is -0.385. The maximum Gasteiger partial charge on any atom is 0.293 e. The number of halogens is 1. The molecule has 0 saturated heterocycles. The second kappa shape index (κ2) is 2.61. The topological polar surface area (TPSA) is 56.0 Å². The number of hydrogen-bond acceptors (Lipinski definition) is 3. The first kappa shape index (κ1) is 7.59. The molecule has 1 heterocycles. The van der Waals surface area contributed by atoms with E-state index in [1.54, 1.807) is 0 Å². The van der Waals surface area contributed by atoms with Gasteiger partial charge in [-0.15, -0.1) is 0 Å². The molecule has 0 aliphatic rings. The maximum atomic E-state index is 12.3. The van der Waals surface area contributed by atoms with Crippen molar-refractivity contribution in [3.63, 3.8) is 0 Å². The summed E-state index contributed by atoms with van der Waals surface area (Å²) in [5, 5.41) is 10.2. The molecule has 0 amide bonds. The van der Waals surface area contributed by atoms with Crippen molar-refractivity contribution in [3.05, 3.63) is 33.9 Å². The normalized spacial score (nSPS) is 9.64. The molecule has 0 saturated carbocycles. The zero-order valence-corrected chi connectivity index (χ0v) is 5.74. The smallest absolute Gasteiger partial charge is 0.258 e. The van der Waals surface area contributed by atoms with Crippen LogP contribution in [-0.2, 0) is 0 Å². The van der Waals surface area contributed by atoms with E-state index in [0.29, 0.717) is 0 Å². The van der Waals surface area contributed by atoms with Crippen LogP contribution >= 0.6 is 0 Å². The van der Waals surface area contributed by atoms with Crippen molar-refractivity contribution in [2.75, 3.05) is 0 Å². The Balaban J connectivity index is 3.23. The van der Waals surface area contributed by atoms with E-state index in [4.69, 9.17) is 0 Å². The Morgan fingerprint density at radius 3 is 2.82 bits per heavy atom. The van der Waals surface area contributed by atoms with Crippen LogP contribution in [0, 0.1) is 22.9 Å². The average Bonchev–Trinajstić information content (AvgIpc) is 1.94. The Labute approximate surface area is 61.8 Å². The van der Waals surface area contributed by atoms with Gasteiger partial charge in [0.25, 0.3) is 5.69 Å². The van der Waals surface area contributed by atoms with Gasteiger partial charge >= 0.3 is 0 Å². The summed E-state index contributed by atoms with van der Waals surface area (Å²) in [6.07, 6.45) is 0.947. The van der Waals surface area contributed by atoms with Gasteiger partial charge in [-0.05, 0) is 6.92 Å². The lowest BCUT2D eigenvalue weighted by Crippen LogP contribution is -1.94. The number of aryl methyl sites for hydroxylation is 1. The summed E-state index contributed by atoms with van der Waals surface area (Å²) in [5.74, 6) is -0.692. The number of aromatic nitrogens is 1. The SMILES string of the molecule is Cc1ncc(F)cc1[N+](=O)[O-]. The minimum Gasteiger partial charge on any atom is -0.258 e. The fourth-order valence-electron chi connectivity index (χ4n) is 0.682. The van der Waals surface area contributed by atoms with Gasteiger partial charge in [0.1, 0.15) is 11.5 Å². The van der Waals surface area contributed by atoms with Crippen molar-refractivity contribution >= 4 is 5.69 Å². The summed E-state index contributed by atoms with van der Waals surface area (Å²) in [4.78, 5) is 13.0. The highest BCUT2D eigenvalue weighted by Gasteiger charge is 2.11. The minimum absolute atomic E-state index is 0.219. The van der Waals surface area contributed by atoms with Crippen molar-refractivity contribution in [2.45, 2.75) is 6.92 Å². The molecule has 5 heteroatoms. The summed E-state index contributed by atoms with van der Waals surface area (Å²) in [5.41, 5.74) is -0.0681. The number of nitrogens with zero attached hydrogens (tertiary/aromatic N) is 2. The second-order valence-electron chi connectivity index (χ2n) is 2.02. The van der Waals surface area contributed by atoms with Gasteiger partial charge in [0.2, 0.25) is 0 Å². The Morgan fingerprint density at radius 1 is 1.73 bits per heavy atom. The number of rotatable bonds is 1. The summed E-state index contributed by atoms with van der Waals surface area (Å²) >= 11 is 0. The van der Waals surface area contributed by atoms with Crippen LogP contribution in [0.3, 0.4) is 0 Å². The van der Waals surface area contributed by atoms with E-state index in [-0.39, 0.29) is 11.4 Å². The lowest BCUT2D eigenvalue weighted by atomic mass is 10.3. The monoisotopic (exact) mass is 156 g/mol. The molecule has 1 aromatic heterocycles. The van der Waals surface area contributed by atoms with Gasteiger partial charge in [0.15, 0.2) is 0 Å². The molecule has 1 aromatic rings. The average molecular weight is 156 g/mol. The van der Waals surface area contributed by atoms with Gasteiger partial charge in [-0.3, -0.25) is 15.1 Å². The fourth-order valence-corrected chi connectivity index (χ4v) is 0.682. The van der Waals surface area contributed by atoms with Crippen LogP contribution in [0.15, 0.2) is 12.3 Å². The Hall–Kier alpha value is -1.52. The van der Waals surface area contributed by atoms with Crippen LogP contribution in [0.5, 0.6) is 0 Å². The van der Waals surface area contributed by atoms with Crippen LogP contribution in [-0.4, -0.2) is 9.91 Å². The van der Waals surface area contributed by atoms with Crippen molar-refractivity contribution in [1.29, 1.82) is 0 Å². The minimum atomic E-state index is -0.692. The number of pyridine rings is 1. The van der Waals surface area contributed by atoms with Gasteiger partial charge in [-0.2, -0.15) is 0 Å². The number of nitro groups is 1. The number of hydrogen-bond donors (Lipinski definition) is 0. The molecular formula is C6H5FN2O2. The molecule has 4 nitrogen and oxygen atoms in total. The van der Waals surface area contributed by atoms with Crippen molar-refractivity contribution in [3.8, 4) is 0 Å². The highest BCUT2D eigenvalue weighted by Crippen LogP contribution is 2.14. The Kier molecular flexibility index (Phi) is 1.80. The van der Waals surface area contributed by atoms with E-state index in [9.17, 15) is 14.5 Å². The maximum absolute atomic E-state index is 12.3. The van der Waals surface area contributed by atoms with Gasteiger partial charge in [0.05, 0.1) is 17.2 Å². The molecule has 0 spiro atoms. The summed E-state index contributed by atoms with van der Waals surface area (Å²) in [6, 6.07) is 0.850. The van der Waals surface area contributed by atoms with E-state index < -0.39 is 10.7 Å². The molecule has 0 bridgehead atoms. The third-order valence-electron chi connectivity index (χ3n) is 1.22. The van der Waals surface area contributed by atoms with Crippen molar-refractivity contribution in [1.82, 2.24) is 4.98 Å². The molecule has 0 N–H and O–H groups in total. The van der Waals surface area contributed by atoms with Crippen LogP contribution in [0.4, 0.5) is 10.1 Å². The van der Waals surface area contributed by atoms with Crippen LogP contribution in [0.25, 0.3) is 0 Å². The van der Waals surface area contributed by atoms with Gasteiger partial charge in [0, 0.05) is 0 Å². The molecular weight excluding hydrogens is 151 g/mol. The molecule has 0 aliphatic carbocycles. The molecule has 1 rings (SSSR count). The third-order valence-corrected chi connectivity index (χ3v) is 1.22. The third kappa shape index (κ3) is 1.49. The molecule has 11 heavy (non-hydrogen) atoms. The standard InChI is InChI=1S/C6H5FN2O2/c1-4-6(9(10)11)2-5(7)3-8-4/h2-3H,1H3.